The molecule has 82 valence electrons. The topological polar surface area (TPSA) is 75.0 Å². The van der Waals surface area contributed by atoms with Crippen LogP contribution in [0.5, 0.6) is 0 Å². The highest BCUT2D eigenvalue weighted by Crippen LogP contribution is 2.26. The Morgan fingerprint density at radius 1 is 1.73 bits per heavy atom. The lowest BCUT2D eigenvalue weighted by Gasteiger charge is -2.35. The predicted octanol–water partition coefficient (Wildman–Crippen LogP) is 0.219. The molecule has 1 fully saturated rings. The number of amides is 1. The molecule has 1 aliphatic rings. The van der Waals surface area contributed by atoms with Crippen molar-refractivity contribution >= 4 is 5.91 Å². The van der Waals surface area contributed by atoms with Crippen LogP contribution in [-0.2, 0) is 0 Å². The predicted molar refractivity (Wildman–Crippen MR) is 56.2 cm³/mol. The number of nitrogens with two attached hydrogens (primary N) is 1. The van der Waals surface area contributed by atoms with Crippen molar-refractivity contribution in [2.24, 2.45) is 11.7 Å². The largest absolute Gasteiger partial charge is 0.341 e. The van der Waals surface area contributed by atoms with E-state index in [1.54, 1.807) is 17.3 Å². The van der Waals surface area contributed by atoms with E-state index in [4.69, 9.17) is 5.73 Å². The third kappa shape index (κ3) is 2.18. The van der Waals surface area contributed by atoms with Crippen LogP contribution in [-0.4, -0.2) is 40.6 Å². The maximum absolute atomic E-state index is 11.8. The van der Waals surface area contributed by atoms with Gasteiger partial charge in [-0.1, -0.05) is 0 Å². The van der Waals surface area contributed by atoms with Gasteiger partial charge in [0, 0.05) is 25.8 Å². The Hall–Kier alpha value is -1.36. The minimum atomic E-state index is 0.0178. The van der Waals surface area contributed by atoms with Gasteiger partial charge in [-0.3, -0.25) is 9.89 Å². The second-order valence-electron chi connectivity index (χ2n) is 4.27. The molecule has 1 amide bonds. The zero-order chi connectivity index (χ0) is 10.8. The molecule has 1 aliphatic carbocycles. The molecule has 1 heterocycles. The zero-order valence-corrected chi connectivity index (χ0v) is 8.81. The number of nitrogens with one attached hydrogen (secondary N) is 1. The Bertz CT molecular complexity index is 329. The molecule has 1 aromatic rings. The van der Waals surface area contributed by atoms with E-state index in [0.29, 0.717) is 17.5 Å². The zero-order valence-electron chi connectivity index (χ0n) is 8.81. The Morgan fingerprint density at radius 3 is 3.00 bits per heavy atom. The molecule has 2 rings (SSSR count). The van der Waals surface area contributed by atoms with Gasteiger partial charge in [-0.15, -0.1) is 0 Å². The van der Waals surface area contributed by atoms with Crippen LogP contribution in [0.3, 0.4) is 0 Å². The number of aromatic nitrogens is 2. The molecule has 0 unspecified atom stereocenters. The highest BCUT2D eigenvalue weighted by atomic mass is 16.2. The van der Waals surface area contributed by atoms with Crippen LogP contribution >= 0.6 is 0 Å². The van der Waals surface area contributed by atoms with Gasteiger partial charge < -0.3 is 10.6 Å². The molecule has 1 saturated carbocycles. The molecule has 0 bridgehead atoms. The highest BCUT2D eigenvalue weighted by molar-refractivity contribution is 5.93. The smallest absolute Gasteiger partial charge is 0.256 e. The second kappa shape index (κ2) is 4.02. The molecule has 15 heavy (non-hydrogen) atoms. The van der Waals surface area contributed by atoms with Crippen LogP contribution < -0.4 is 5.73 Å². The van der Waals surface area contributed by atoms with E-state index in [2.05, 4.69) is 10.2 Å². The summed E-state index contributed by atoms with van der Waals surface area (Å²) in [6, 6.07) is 0.340. The van der Waals surface area contributed by atoms with Crippen molar-refractivity contribution in [1.82, 2.24) is 15.1 Å². The highest BCUT2D eigenvalue weighted by Gasteiger charge is 2.28. The Balaban J connectivity index is 1.86. The summed E-state index contributed by atoms with van der Waals surface area (Å²) in [6.07, 6.45) is 5.22. The summed E-state index contributed by atoms with van der Waals surface area (Å²) in [5.74, 6) is 0.588. The van der Waals surface area contributed by atoms with E-state index in [1.807, 2.05) is 7.05 Å². The van der Waals surface area contributed by atoms with Crippen molar-refractivity contribution in [3.8, 4) is 0 Å². The van der Waals surface area contributed by atoms with Crippen molar-refractivity contribution in [1.29, 1.82) is 0 Å². The fourth-order valence-electron chi connectivity index (χ4n) is 1.99. The number of carbonyl (C=O) groups excluding carboxylic acids is 1. The molecule has 1 aromatic heterocycles. The molecule has 5 heteroatoms. The SMILES string of the molecule is CN(CC1CC(N)C1)C(=O)c1cn[nH]c1. The van der Waals surface area contributed by atoms with E-state index >= 15 is 0 Å². The van der Waals surface area contributed by atoms with Gasteiger partial charge in [-0.2, -0.15) is 5.10 Å². The summed E-state index contributed by atoms with van der Waals surface area (Å²) in [6.45, 7) is 0.789. The number of aromatic amines is 1. The number of hydrogen-bond acceptors (Lipinski definition) is 3. The van der Waals surface area contributed by atoms with Gasteiger partial charge in [-0.25, -0.2) is 0 Å². The summed E-state index contributed by atoms with van der Waals surface area (Å²) >= 11 is 0. The van der Waals surface area contributed by atoms with Crippen molar-refractivity contribution in [2.45, 2.75) is 18.9 Å². The van der Waals surface area contributed by atoms with E-state index in [9.17, 15) is 4.79 Å². The fraction of sp³-hybridized carbons (Fsp3) is 0.600. The number of carbonyl (C=O) groups is 1. The molecule has 0 aromatic carbocycles. The molecular formula is C10H16N4O. The van der Waals surface area contributed by atoms with Crippen LogP contribution in [0.1, 0.15) is 23.2 Å². The van der Waals surface area contributed by atoms with Gasteiger partial charge in [0.15, 0.2) is 0 Å². The Labute approximate surface area is 88.6 Å². The first-order chi connectivity index (χ1) is 7.16. The van der Waals surface area contributed by atoms with Crippen LogP contribution in [0.15, 0.2) is 12.4 Å². The summed E-state index contributed by atoms with van der Waals surface area (Å²) in [7, 11) is 1.82. The van der Waals surface area contributed by atoms with Crippen LogP contribution in [0, 0.1) is 5.92 Å². The number of H-pyrrole nitrogens is 1. The molecule has 0 atom stereocenters. The van der Waals surface area contributed by atoms with Crippen molar-refractivity contribution in [3.05, 3.63) is 18.0 Å². The maximum atomic E-state index is 11.8. The van der Waals surface area contributed by atoms with E-state index in [0.717, 1.165) is 19.4 Å². The summed E-state index contributed by atoms with van der Waals surface area (Å²) in [5.41, 5.74) is 6.31. The lowest BCUT2D eigenvalue weighted by molar-refractivity contribution is 0.0734. The molecule has 0 saturated heterocycles. The van der Waals surface area contributed by atoms with Crippen LogP contribution in [0.25, 0.3) is 0 Å². The minimum Gasteiger partial charge on any atom is -0.341 e. The van der Waals surface area contributed by atoms with Crippen molar-refractivity contribution < 1.29 is 4.79 Å². The lowest BCUT2D eigenvalue weighted by Crippen LogP contribution is -2.43. The van der Waals surface area contributed by atoms with Crippen LogP contribution in [0.2, 0.25) is 0 Å². The number of hydrogen-bond donors (Lipinski definition) is 2. The first-order valence-electron chi connectivity index (χ1n) is 5.16. The van der Waals surface area contributed by atoms with Gasteiger partial charge >= 0.3 is 0 Å². The monoisotopic (exact) mass is 208 g/mol. The fourth-order valence-corrected chi connectivity index (χ4v) is 1.99. The average molecular weight is 208 g/mol. The van der Waals surface area contributed by atoms with Gasteiger partial charge in [0.2, 0.25) is 0 Å². The van der Waals surface area contributed by atoms with Crippen LogP contribution in [0.4, 0.5) is 0 Å². The van der Waals surface area contributed by atoms with E-state index in [-0.39, 0.29) is 5.91 Å². The third-order valence-corrected chi connectivity index (χ3v) is 2.90. The lowest BCUT2D eigenvalue weighted by atomic mass is 9.80. The average Bonchev–Trinajstić information content (AvgIpc) is 2.66. The van der Waals surface area contributed by atoms with Gasteiger partial charge in [0.1, 0.15) is 0 Å². The first kappa shape index (κ1) is 10.2. The summed E-state index contributed by atoms with van der Waals surface area (Å²) < 4.78 is 0. The molecular weight excluding hydrogens is 192 g/mol. The first-order valence-corrected chi connectivity index (χ1v) is 5.16. The standard InChI is InChI=1S/C10H16N4O/c1-14(6-7-2-9(11)3-7)10(15)8-4-12-13-5-8/h4-5,7,9H,2-3,6,11H2,1H3,(H,12,13). The summed E-state index contributed by atoms with van der Waals surface area (Å²) in [4.78, 5) is 13.5. The van der Waals surface area contributed by atoms with Gasteiger partial charge in [-0.05, 0) is 18.8 Å². The molecule has 0 spiro atoms. The van der Waals surface area contributed by atoms with Crippen molar-refractivity contribution in [3.63, 3.8) is 0 Å². The van der Waals surface area contributed by atoms with E-state index < -0.39 is 0 Å². The Morgan fingerprint density at radius 2 is 2.47 bits per heavy atom. The number of nitrogens with zero attached hydrogens (tertiary/aromatic N) is 2. The number of rotatable bonds is 3. The minimum absolute atomic E-state index is 0.0178. The molecule has 3 N–H and O–H groups in total. The maximum Gasteiger partial charge on any atom is 0.256 e. The van der Waals surface area contributed by atoms with Gasteiger partial charge in [0.05, 0.1) is 11.8 Å². The molecule has 5 nitrogen and oxygen atoms in total. The quantitative estimate of drug-likeness (QED) is 0.746. The summed E-state index contributed by atoms with van der Waals surface area (Å²) in [5, 5.41) is 6.39. The third-order valence-electron chi connectivity index (χ3n) is 2.90. The second-order valence-corrected chi connectivity index (χ2v) is 4.27. The normalized spacial score (nSPS) is 24.7. The van der Waals surface area contributed by atoms with Gasteiger partial charge in [0.25, 0.3) is 5.91 Å². The molecule has 0 radical (unpaired) electrons. The molecule has 0 aliphatic heterocycles. The van der Waals surface area contributed by atoms with Crippen molar-refractivity contribution in [2.75, 3.05) is 13.6 Å². The Kier molecular flexibility index (Phi) is 2.73. The van der Waals surface area contributed by atoms with E-state index in [1.165, 1.54) is 0 Å².